The molecule has 116 valence electrons. The molecule has 6 heteroatoms. The van der Waals surface area contributed by atoms with Crippen LogP contribution in [-0.4, -0.2) is 21.6 Å². The Kier molecular flexibility index (Phi) is 4.56. The lowest BCUT2D eigenvalue weighted by molar-refractivity contribution is -0.115. The van der Waals surface area contributed by atoms with Crippen molar-refractivity contribution in [2.24, 2.45) is 7.05 Å². The second kappa shape index (κ2) is 6.23. The first kappa shape index (κ1) is 16.1. The smallest absolute Gasteiger partial charge is 0.337 e. The maximum absolute atomic E-state index is 12.2. The van der Waals surface area contributed by atoms with Gasteiger partial charge in [-0.05, 0) is 37.1 Å². The van der Waals surface area contributed by atoms with Gasteiger partial charge in [-0.15, -0.1) is 0 Å². The average Bonchev–Trinajstić information content (AvgIpc) is 2.68. The van der Waals surface area contributed by atoms with Gasteiger partial charge in [-0.25, -0.2) is 4.79 Å². The number of aryl methyl sites for hydroxylation is 3. The fourth-order valence-corrected chi connectivity index (χ4v) is 2.59. The quantitative estimate of drug-likeness (QED) is 0.909. The van der Waals surface area contributed by atoms with Crippen molar-refractivity contribution < 1.29 is 14.7 Å². The SMILES string of the molecule is Cc1ccc(Cl)cc1NC(=O)Cc1c(C(=O)O)c(C)cn1C. The molecule has 0 atom stereocenters. The van der Waals surface area contributed by atoms with Crippen LogP contribution >= 0.6 is 11.6 Å². The predicted molar refractivity (Wildman–Crippen MR) is 85.6 cm³/mol. The highest BCUT2D eigenvalue weighted by Gasteiger charge is 2.20. The van der Waals surface area contributed by atoms with Crippen molar-refractivity contribution >= 4 is 29.2 Å². The number of aromatic nitrogens is 1. The van der Waals surface area contributed by atoms with Crippen LogP contribution < -0.4 is 5.32 Å². The Morgan fingerprint density at radius 3 is 2.59 bits per heavy atom. The Hall–Kier alpha value is -2.27. The van der Waals surface area contributed by atoms with Gasteiger partial charge >= 0.3 is 5.97 Å². The number of rotatable bonds is 4. The van der Waals surface area contributed by atoms with Crippen molar-refractivity contribution in [1.82, 2.24) is 4.57 Å². The molecule has 0 bridgehead atoms. The maximum atomic E-state index is 12.2. The third-order valence-electron chi connectivity index (χ3n) is 3.51. The van der Waals surface area contributed by atoms with E-state index in [1.165, 1.54) is 0 Å². The number of hydrogen-bond donors (Lipinski definition) is 2. The van der Waals surface area contributed by atoms with Gasteiger partial charge in [-0.1, -0.05) is 17.7 Å². The first-order valence-corrected chi connectivity index (χ1v) is 7.11. The number of anilines is 1. The second-order valence-corrected chi connectivity index (χ2v) is 5.67. The fraction of sp³-hybridized carbons (Fsp3) is 0.250. The lowest BCUT2D eigenvalue weighted by Gasteiger charge is -2.10. The summed E-state index contributed by atoms with van der Waals surface area (Å²) in [5.41, 5.74) is 2.80. The summed E-state index contributed by atoms with van der Waals surface area (Å²) in [5.74, 6) is -1.31. The molecule has 1 aromatic heterocycles. The van der Waals surface area contributed by atoms with Crippen LogP contribution in [0.5, 0.6) is 0 Å². The number of carboxylic acid groups (broad SMARTS) is 1. The number of carboxylic acids is 1. The lowest BCUT2D eigenvalue weighted by Crippen LogP contribution is -2.18. The molecule has 0 radical (unpaired) electrons. The molecule has 1 aromatic carbocycles. The number of hydrogen-bond acceptors (Lipinski definition) is 2. The Bertz CT molecular complexity index is 750. The molecule has 0 saturated carbocycles. The highest BCUT2D eigenvalue weighted by molar-refractivity contribution is 6.31. The summed E-state index contributed by atoms with van der Waals surface area (Å²) in [7, 11) is 1.73. The van der Waals surface area contributed by atoms with E-state index in [0.29, 0.717) is 22.0 Å². The van der Waals surface area contributed by atoms with E-state index < -0.39 is 5.97 Å². The monoisotopic (exact) mass is 320 g/mol. The van der Waals surface area contributed by atoms with Crippen LogP contribution in [0.2, 0.25) is 5.02 Å². The molecule has 2 N–H and O–H groups in total. The summed E-state index contributed by atoms with van der Waals surface area (Å²) in [4.78, 5) is 23.6. The molecule has 2 aromatic rings. The molecule has 5 nitrogen and oxygen atoms in total. The van der Waals surface area contributed by atoms with Crippen molar-refractivity contribution in [1.29, 1.82) is 0 Å². The zero-order chi connectivity index (χ0) is 16.4. The largest absolute Gasteiger partial charge is 0.478 e. The highest BCUT2D eigenvalue weighted by Crippen LogP contribution is 2.21. The molecular weight excluding hydrogens is 304 g/mol. The van der Waals surface area contributed by atoms with Gasteiger partial charge in [-0.2, -0.15) is 0 Å². The molecule has 0 aliphatic rings. The van der Waals surface area contributed by atoms with Crippen LogP contribution in [0.25, 0.3) is 0 Å². The Labute approximate surface area is 133 Å². The number of carbonyl (C=O) groups excluding carboxylic acids is 1. The third-order valence-corrected chi connectivity index (χ3v) is 3.75. The minimum Gasteiger partial charge on any atom is -0.478 e. The van der Waals surface area contributed by atoms with Crippen LogP contribution in [0.15, 0.2) is 24.4 Å². The molecule has 0 aliphatic heterocycles. The van der Waals surface area contributed by atoms with E-state index in [4.69, 9.17) is 11.6 Å². The second-order valence-electron chi connectivity index (χ2n) is 5.23. The van der Waals surface area contributed by atoms with Crippen LogP contribution in [0.3, 0.4) is 0 Å². The Morgan fingerprint density at radius 2 is 1.95 bits per heavy atom. The number of aromatic carboxylic acids is 1. The number of halogens is 1. The molecule has 1 heterocycles. The molecule has 0 spiro atoms. The van der Waals surface area contributed by atoms with Crippen molar-refractivity contribution in [3.05, 3.63) is 51.8 Å². The molecule has 2 rings (SSSR count). The van der Waals surface area contributed by atoms with Crippen molar-refractivity contribution in [3.8, 4) is 0 Å². The van der Waals surface area contributed by atoms with Gasteiger partial charge in [0.2, 0.25) is 5.91 Å². The summed E-state index contributed by atoms with van der Waals surface area (Å²) in [5, 5.41) is 12.6. The van der Waals surface area contributed by atoms with Crippen LogP contribution in [0, 0.1) is 13.8 Å². The minimum absolute atomic E-state index is 0.0159. The maximum Gasteiger partial charge on any atom is 0.337 e. The molecule has 1 amide bonds. The molecule has 0 fully saturated rings. The topological polar surface area (TPSA) is 71.3 Å². The van der Waals surface area contributed by atoms with Crippen molar-refractivity contribution in [3.63, 3.8) is 0 Å². The third kappa shape index (κ3) is 3.31. The first-order chi connectivity index (χ1) is 10.3. The van der Waals surface area contributed by atoms with Crippen LogP contribution in [0.1, 0.15) is 27.2 Å². The fourth-order valence-electron chi connectivity index (χ4n) is 2.42. The van der Waals surface area contributed by atoms with E-state index in [2.05, 4.69) is 5.32 Å². The van der Waals surface area contributed by atoms with E-state index >= 15 is 0 Å². The lowest BCUT2D eigenvalue weighted by atomic mass is 10.1. The minimum atomic E-state index is -1.03. The molecule has 22 heavy (non-hydrogen) atoms. The van der Waals surface area contributed by atoms with Gasteiger partial charge in [0, 0.05) is 29.6 Å². The van der Waals surface area contributed by atoms with Crippen molar-refractivity contribution in [2.75, 3.05) is 5.32 Å². The molecule has 0 unspecified atom stereocenters. The predicted octanol–water partition coefficient (Wildman–Crippen LogP) is 3.17. The number of carbonyl (C=O) groups is 2. The van der Waals surface area contributed by atoms with Crippen LogP contribution in [0.4, 0.5) is 5.69 Å². The zero-order valence-electron chi connectivity index (χ0n) is 12.6. The van der Waals surface area contributed by atoms with Gasteiger partial charge in [0.15, 0.2) is 0 Å². The van der Waals surface area contributed by atoms with Gasteiger partial charge in [-0.3, -0.25) is 4.79 Å². The van der Waals surface area contributed by atoms with E-state index in [9.17, 15) is 14.7 Å². The summed E-state index contributed by atoms with van der Waals surface area (Å²) in [6.45, 7) is 3.58. The average molecular weight is 321 g/mol. The van der Waals surface area contributed by atoms with E-state index in [0.717, 1.165) is 5.56 Å². The standard InChI is InChI=1S/C16H17ClN2O3/c1-9-4-5-11(17)6-12(9)18-14(20)7-13-15(16(21)22)10(2)8-19(13)3/h4-6,8H,7H2,1-3H3,(H,18,20)(H,21,22). The van der Waals surface area contributed by atoms with Crippen LogP contribution in [-0.2, 0) is 18.3 Å². The van der Waals surface area contributed by atoms with Gasteiger partial charge in [0.1, 0.15) is 0 Å². The highest BCUT2D eigenvalue weighted by atomic mass is 35.5. The molecule has 0 aliphatic carbocycles. The van der Waals surface area contributed by atoms with E-state index in [-0.39, 0.29) is 17.9 Å². The summed E-state index contributed by atoms with van der Waals surface area (Å²) >= 11 is 5.92. The van der Waals surface area contributed by atoms with Crippen molar-refractivity contribution in [2.45, 2.75) is 20.3 Å². The zero-order valence-corrected chi connectivity index (χ0v) is 13.4. The van der Waals surface area contributed by atoms with E-state index in [1.54, 1.807) is 36.9 Å². The Morgan fingerprint density at radius 1 is 1.27 bits per heavy atom. The number of nitrogens with zero attached hydrogens (tertiary/aromatic N) is 1. The molecular formula is C16H17ClN2O3. The summed E-state index contributed by atoms with van der Waals surface area (Å²) in [6.07, 6.45) is 1.69. The molecule has 0 saturated heterocycles. The normalized spacial score (nSPS) is 10.5. The Balaban J connectivity index is 2.23. The first-order valence-electron chi connectivity index (χ1n) is 6.73. The van der Waals surface area contributed by atoms with Gasteiger partial charge in [0.05, 0.1) is 12.0 Å². The van der Waals surface area contributed by atoms with E-state index in [1.807, 2.05) is 13.0 Å². The number of amides is 1. The number of nitrogens with one attached hydrogen (secondary N) is 1. The van der Waals surface area contributed by atoms with Gasteiger partial charge < -0.3 is 15.0 Å². The van der Waals surface area contributed by atoms with Gasteiger partial charge in [0.25, 0.3) is 0 Å². The summed E-state index contributed by atoms with van der Waals surface area (Å²) in [6, 6.07) is 5.23. The summed E-state index contributed by atoms with van der Waals surface area (Å²) < 4.78 is 1.67. The number of benzene rings is 1.